The summed E-state index contributed by atoms with van der Waals surface area (Å²) in [4.78, 5) is 17.4. The minimum atomic E-state index is -0.164. The molecule has 1 aromatic carbocycles. The normalized spacial score (nSPS) is 10.3. The molecule has 0 atom stereocenters. The van der Waals surface area contributed by atoms with Gasteiger partial charge in [-0.15, -0.1) is 0 Å². The molecule has 1 aromatic heterocycles. The van der Waals surface area contributed by atoms with Crippen LogP contribution in [-0.4, -0.2) is 34.7 Å². The summed E-state index contributed by atoms with van der Waals surface area (Å²) in [6, 6.07) is 7.70. The third-order valence-electron chi connectivity index (χ3n) is 2.79. The van der Waals surface area contributed by atoms with E-state index in [0.29, 0.717) is 18.3 Å². The molecule has 2 rings (SSSR count). The van der Waals surface area contributed by atoms with Gasteiger partial charge in [-0.05, 0) is 19.9 Å². The first-order valence-electron chi connectivity index (χ1n) is 6.48. The number of aryl methyl sites for hydroxylation is 1. The largest absolute Gasteiger partial charge is 0.338 e. The van der Waals surface area contributed by atoms with Gasteiger partial charge in [0, 0.05) is 19.2 Å². The molecule has 1 heterocycles. The van der Waals surface area contributed by atoms with Crippen molar-refractivity contribution in [2.75, 3.05) is 13.6 Å². The summed E-state index contributed by atoms with van der Waals surface area (Å²) in [5.74, 6) is 0.947. The number of carbonyl (C=O) groups excluding carboxylic acids is 1. The zero-order valence-electron chi connectivity index (χ0n) is 11.9. The molecule has 0 radical (unpaired) electrons. The Morgan fingerprint density at radius 3 is 2.95 bits per heavy atom. The van der Waals surface area contributed by atoms with E-state index in [1.165, 1.54) is 4.90 Å². The highest BCUT2D eigenvalue weighted by atomic mass is 16.5. The van der Waals surface area contributed by atoms with Crippen molar-refractivity contribution in [2.24, 2.45) is 0 Å². The molecule has 2 amide bonds. The van der Waals surface area contributed by atoms with E-state index in [0.717, 1.165) is 11.1 Å². The number of hydrogen-bond donors (Lipinski definition) is 1. The molecule has 0 aliphatic heterocycles. The first-order valence-corrected chi connectivity index (χ1v) is 6.48. The van der Waals surface area contributed by atoms with Crippen molar-refractivity contribution < 1.29 is 9.32 Å². The highest BCUT2D eigenvalue weighted by Crippen LogP contribution is 2.17. The Balaban J connectivity index is 2.08. The summed E-state index contributed by atoms with van der Waals surface area (Å²) in [6.45, 7) is 4.74. The van der Waals surface area contributed by atoms with E-state index in [1.807, 2.05) is 38.1 Å². The van der Waals surface area contributed by atoms with Crippen LogP contribution in [0.1, 0.15) is 18.4 Å². The van der Waals surface area contributed by atoms with Gasteiger partial charge in [0.25, 0.3) is 0 Å². The monoisotopic (exact) mass is 274 g/mol. The number of amides is 2. The van der Waals surface area contributed by atoms with Gasteiger partial charge in [-0.3, -0.25) is 0 Å². The number of nitrogens with zero attached hydrogens (tertiary/aromatic N) is 3. The molecule has 0 aliphatic carbocycles. The molecule has 20 heavy (non-hydrogen) atoms. The predicted molar refractivity (Wildman–Crippen MR) is 75.0 cm³/mol. The molecule has 1 N–H and O–H groups in total. The zero-order chi connectivity index (χ0) is 14.5. The van der Waals surface area contributed by atoms with Gasteiger partial charge < -0.3 is 14.7 Å². The van der Waals surface area contributed by atoms with Crippen LogP contribution in [0.25, 0.3) is 11.4 Å². The third kappa shape index (κ3) is 3.34. The average molecular weight is 274 g/mol. The fourth-order valence-corrected chi connectivity index (χ4v) is 1.78. The van der Waals surface area contributed by atoms with Crippen LogP contribution >= 0.6 is 0 Å². The topological polar surface area (TPSA) is 71.3 Å². The summed E-state index contributed by atoms with van der Waals surface area (Å²) in [6.07, 6.45) is 0. The van der Waals surface area contributed by atoms with E-state index in [9.17, 15) is 4.79 Å². The Labute approximate surface area is 117 Å². The van der Waals surface area contributed by atoms with Crippen LogP contribution in [-0.2, 0) is 6.54 Å². The average Bonchev–Trinajstić information content (AvgIpc) is 2.87. The number of rotatable bonds is 4. The molecule has 6 heteroatoms. The number of carbonyl (C=O) groups is 1. The number of hydrogen-bond acceptors (Lipinski definition) is 4. The van der Waals surface area contributed by atoms with E-state index < -0.39 is 0 Å². The van der Waals surface area contributed by atoms with Crippen molar-refractivity contribution in [1.82, 2.24) is 20.4 Å². The Kier molecular flexibility index (Phi) is 4.34. The second-order valence-electron chi connectivity index (χ2n) is 4.57. The van der Waals surface area contributed by atoms with E-state index in [-0.39, 0.29) is 12.6 Å². The van der Waals surface area contributed by atoms with E-state index in [1.54, 1.807) is 7.05 Å². The van der Waals surface area contributed by atoms with Gasteiger partial charge in [0.15, 0.2) is 0 Å². The number of nitrogens with one attached hydrogen (secondary N) is 1. The SMILES string of the molecule is CCNC(=O)N(C)Cc1nc(-c2cccc(C)c2)no1. The minimum absolute atomic E-state index is 0.164. The van der Waals surface area contributed by atoms with Gasteiger partial charge in [-0.25, -0.2) is 4.79 Å². The quantitative estimate of drug-likeness (QED) is 0.927. The molecule has 0 saturated heterocycles. The summed E-state index contributed by atoms with van der Waals surface area (Å²) in [7, 11) is 1.68. The van der Waals surface area contributed by atoms with Gasteiger partial charge in [0.1, 0.15) is 6.54 Å². The molecule has 0 spiro atoms. The van der Waals surface area contributed by atoms with Crippen LogP contribution in [0.2, 0.25) is 0 Å². The van der Waals surface area contributed by atoms with Crippen LogP contribution < -0.4 is 5.32 Å². The lowest BCUT2D eigenvalue weighted by atomic mass is 10.1. The van der Waals surface area contributed by atoms with Crippen LogP contribution in [0.5, 0.6) is 0 Å². The highest BCUT2D eigenvalue weighted by molar-refractivity contribution is 5.73. The van der Waals surface area contributed by atoms with Gasteiger partial charge in [-0.2, -0.15) is 4.98 Å². The Morgan fingerprint density at radius 2 is 2.25 bits per heavy atom. The summed E-state index contributed by atoms with van der Waals surface area (Å²) >= 11 is 0. The van der Waals surface area contributed by atoms with E-state index in [2.05, 4.69) is 15.5 Å². The number of urea groups is 1. The van der Waals surface area contributed by atoms with Gasteiger partial charge in [-0.1, -0.05) is 28.9 Å². The Bertz CT molecular complexity index is 594. The van der Waals surface area contributed by atoms with Crippen molar-refractivity contribution in [3.8, 4) is 11.4 Å². The van der Waals surface area contributed by atoms with Crippen molar-refractivity contribution in [1.29, 1.82) is 0 Å². The maximum atomic E-state index is 11.6. The molecule has 0 unspecified atom stereocenters. The molecular formula is C14H18N4O2. The molecule has 0 saturated carbocycles. The maximum absolute atomic E-state index is 11.6. The number of aromatic nitrogens is 2. The molecule has 0 fully saturated rings. The molecule has 0 bridgehead atoms. The smallest absolute Gasteiger partial charge is 0.317 e. The molecule has 2 aromatic rings. The fourth-order valence-electron chi connectivity index (χ4n) is 1.78. The van der Waals surface area contributed by atoms with Crippen LogP contribution in [0, 0.1) is 6.92 Å². The lowest BCUT2D eigenvalue weighted by Gasteiger charge is -2.14. The van der Waals surface area contributed by atoms with Gasteiger partial charge in [0.05, 0.1) is 0 Å². The predicted octanol–water partition coefficient (Wildman–Crippen LogP) is 2.21. The first kappa shape index (κ1) is 14.0. The van der Waals surface area contributed by atoms with Gasteiger partial charge in [0.2, 0.25) is 11.7 Å². The summed E-state index contributed by atoms with van der Waals surface area (Å²) in [5, 5.41) is 6.65. The second-order valence-corrected chi connectivity index (χ2v) is 4.57. The van der Waals surface area contributed by atoms with Crippen LogP contribution in [0.4, 0.5) is 4.79 Å². The van der Waals surface area contributed by atoms with Gasteiger partial charge >= 0.3 is 6.03 Å². The molecule has 106 valence electrons. The maximum Gasteiger partial charge on any atom is 0.317 e. The van der Waals surface area contributed by atoms with Crippen molar-refractivity contribution in [3.63, 3.8) is 0 Å². The number of benzene rings is 1. The first-order chi connectivity index (χ1) is 9.60. The fraction of sp³-hybridized carbons (Fsp3) is 0.357. The lowest BCUT2D eigenvalue weighted by Crippen LogP contribution is -2.36. The highest BCUT2D eigenvalue weighted by Gasteiger charge is 2.13. The minimum Gasteiger partial charge on any atom is -0.338 e. The molecule has 0 aliphatic rings. The molecular weight excluding hydrogens is 256 g/mol. The zero-order valence-corrected chi connectivity index (χ0v) is 11.9. The Morgan fingerprint density at radius 1 is 1.45 bits per heavy atom. The Hall–Kier alpha value is -2.37. The summed E-state index contributed by atoms with van der Waals surface area (Å²) < 4.78 is 5.18. The summed E-state index contributed by atoms with van der Waals surface area (Å²) in [5.41, 5.74) is 2.04. The third-order valence-corrected chi connectivity index (χ3v) is 2.79. The van der Waals surface area contributed by atoms with Crippen LogP contribution in [0.15, 0.2) is 28.8 Å². The van der Waals surface area contributed by atoms with Crippen molar-refractivity contribution >= 4 is 6.03 Å². The molecule has 6 nitrogen and oxygen atoms in total. The van der Waals surface area contributed by atoms with E-state index >= 15 is 0 Å². The van der Waals surface area contributed by atoms with Crippen molar-refractivity contribution in [3.05, 3.63) is 35.7 Å². The van der Waals surface area contributed by atoms with Crippen LogP contribution in [0.3, 0.4) is 0 Å². The lowest BCUT2D eigenvalue weighted by molar-refractivity contribution is 0.200. The second kappa shape index (κ2) is 6.18. The standard InChI is InChI=1S/C14H18N4O2/c1-4-15-14(19)18(3)9-12-16-13(17-20-12)11-7-5-6-10(2)8-11/h5-8H,4,9H2,1-3H3,(H,15,19). The van der Waals surface area contributed by atoms with Crippen molar-refractivity contribution in [2.45, 2.75) is 20.4 Å². The van der Waals surface area contributed by atoms with E-state index in [4.69, 9.17) is 4.52 Å².